The molecular weight excluding hydrogens is 366 g/mol. The Morgan fingerprint density at radius 1 is 1.23 bits per heavy atom. The van der Waals surface area contributed by atoms with Crippen molar-refractivity contribution in [1.29, 1.82) is 0 Å². The zero-order valence-corrected chi connectivity index (χ0v) is 14.9. The van der Waals surface area contributed by atoms with Crippen LogP contribution < -0.4 is 17.0 Å². The molecule has 146 valence electrons. The summed E-state index contributed by atoms with van der Waals surface area (Å²) in [4.78, 5) is 11.1. The number of ether oxygens (including phenoxy) is 1. The second kappa shape index (κ2) is 9.03. The fourth-order valence-corrected chi connectivity index (χ4v) is 3.55. The monoisotopic (exact) mass is 389 g/mol. The van der Waals surface area contributed by atoms with E-state index in [0.29, 0.717) is 6.54 Å². The summed E-state index contributed by atoms with van der Waals surface area (Å²) in [6, 6.07) is 3.48. The van der Waals surface area contributed by atoms with Crippen LogP contribution in [0.4, 0.5) is 0 Å². The molecule has 0 amide bonds. The minimum absolute atomic E-state index is 0. The van der Waals surface area contributed by atoms with Gasteiger partial charge in [0.25, 0.3) is 6.23 Å². The van der Waals surface area contributed by atoms with Gasteiger partial charge in [0.2, 0.25) is 0 Å². The van der Waals surface area contributed by atoms with E-state index >= 15 is 0 Å². The van der Waals surface area contributed by atoms with Crippen molar-refractivity contribution in [2.24, 2.45) is 5.29 Å². The molecule has 26 heavy (non-hydrogen) atoms. The molecule has 2 fully saturated rings. The molecule has 1 aromatic rings. The zero-order valence-electron chi connectivity index (χ0n) is 14.1. The van der Waals surface area contributed by atoms with Gasteiger partial charge >= 0.3 is 0 Å². The van der Waals surface area contributed by atoms with Crippen molar-refractivity contribution < 1.29 is 42.1 Å². The topological polar surface area (TPSA) is 127 Å². The first kappa shape index (κ1) is 20.9. The highest BCUT2D eigenvalue weighted by atomic mass is 35.5. The van der Waals surface area contributed by atoms with Crippen molar-refractivity contribution in [1.82, 2.24) is 5.01 Å². The van der Waals surface area contributed by atoms with E-state index in [1.54, 1.807) is 23.0 Å². The lowest BCUT2D eigenvalue weighted by Gasteiger charge is -2.37. The first-order chi connectivity index (χ1) is 12.1. The molecule has 1 aromatic heterocycles. The molecule has 2 aliphatic heterocycles. The molecule has 2 aliphatic rings. The summed E-state index contributed by atoms with van der Waals surface area (Å²) in [7, 11) is 0. The van der Waals surface area contributed by atoms with Crippen molar-refractivity contribution in [3.63, 3.8) is 0 Å². The Kier molecular flexibility index (Phi) is 7.27. The maximum Gasteiger partial charge on any atom is 0.292 e. The Morgan fingerprint density at radius 3 is 2.69 bits per heavy atom. The normalized spacial score (nSPS) is 34.8. The number of aromatic nitrogens is 1. The highest BCUT2D eigenvalue weighted by molar-refractivity contribution is 5.12. The summed E-state index contributed by atoms with van der Waals surface area (Å²) >= 11 is 0. The number of aliphatic hydroxyl groups excluding tert-OH is 4. The smallest absolute Gasteiger partial charge is 0.292 e. The number of halogens is 1. The number of hydrogen-bond acceptors (Lipinski definition) is 7. The second-order valence-corrected chi connectivity index (χ2v) is 6.56. The van der Waals surface area contributed by atoms with Crippen LogP contribution in [0.3, 0.4) is 0 Å². The second-order valence-electron chi connectivity index (χ2n) is 6.56. The summed E-state index contributed by atoms with van der Waals surface area (Å²) in [6.07, 6.45) is -0.0110. The van der Waals surface area contributed by atoms with Gasteiger partial charge in [0.15, 0.2) is 18.5 Å². The minimum atomic E-state index is -1.44. The van der Waals surface area contributed by atoms with Crippen molar-refractivity contribution in [3.05, 3.63) is 35.0 Å². The highest BCUT2D eigenvalue weighted by Crippen LogP contribution is 2.31. The molecule has 6 atom stereocenters. The minimum Gasteiger partial charge on any atom is -1.00 e. The van der Waals surface area contributed by atoms with Crippen LogP contribution in [0.1, 0.15) is 37.1 Å². The molecular formula is C16H24ClN3O6. The van der Waals surface area contributed by atoms with Crippen LogP contribution in [-0.2, 0) is 4.74 Å². The van der Waals surface area contributed by atoms with Crippen LogP contribution >= 0.6 is 0 Å². The van der Waals surface area contributed by atoms with E-state index in [-0.39, 0.29) is 18.4 Å². The molecule has 10 heteroatoms. The largest absolute Gasteiger partial charge is 1.00 e. The molecule has 0 radical (unpaired) electrons. The van der Waals surface area contributed by atoms with E-state index in [1.165, 1.54) is 5.01 Å². The average molecular weight is 390 g/mol. The van der Waals surface area contributed by atoms with Gasteiger partial charge in [-0.15, -0.1) is 4.91 Å². The van der Waals surface area contributed by atoms with Crippen LogP contribution in [0.15, 0.2) is 29.8 Å². The van der Waals surface area contributed by atoms with E-state index < -0.39 is 37.3 Å². The van der Waals surface area contributed by atoms with E-state index in [4.69, 9.17) is 4.74 Å². The summed E-state index contributed by atoms with van der Waals surface area (Å²) in [6.45, 7) is 0.121. The number of piperidine rings is 1. The number of aliphatic hydroxyl groups is 4. The SMILES string of the molecule is O=NN1CCCCC1c1ccc[n+]([C@@H]2OC(CO)[C@@H](O)[C@H](O)[C@@H]2O)c1.[Cl-]. The van der Waals surface area contributed by atoms with Gasteiger partial charge in [0, 0.05) is 18.2 Å². The third kappa shape index (κ3) is 3.98. The Morgan fingerprint density at radius 2 is 2.00 bits per heavy atom. The fourth-order valence-electron chi connectivity index (χ4n) is 3.55. The van der Waals surface area contributed by atoms with Crippen molar-refractivity contribution in [2.75, 3.05) is 13.2 Å². The predicted octanol–water partition coefficient (Wildman–Crippen LogP) is -3.84. The maximum atomic E-state index is 11.1. The van der Waals surface area contributed by atoms with Gasteiger partial charge in [-0.25, -0.2) is 0 Å². The number of hydrogen-bond donors (Lipinski definition) is 4. The van der Waals surface area contributed by atoms with Gasteiger partial charge in [-0.1, -0.05) is 0 Å². The van der Waals surface area contributed by atoms with Crippen molar-refractivity contribution in [3.8, 4) is 0 Å². The van der Waals surface area contributed by atoms with E-state index in [0.717, 1.165) is 24.8 Å². The van der Waals surface area contributed by atoms with Gasteiger partial charge in [0.1, 0.15) is 18.3 Å². The first-order valence-corrected chi connectivity index (χ1v) is 8.48. The van der Waals surface area contributed by atoms with Crippen molar-refractivity contribution in [2.45, 2.75) is 55.9 Å². The van der Waals surface area contributed by atoms with Gasteiger partial charge in [-0.2, -0.15) is 4.57 Å². The molecule has 2 unspecified atom stereocenters. The summed E-state index contributed by atoms with van der Waals surface area (Å²) in [5.41, 5.74) is 0.846. The Labute approximate surface area is 157 Å². The van der Waals surface area contributed by atoms with E-state index in [2.05, 4.69) is 5.29 Å². The lowest BCUT2D eigenvalue weighted by atomic mass is 9.97. The van der Waals surface area contributed by atoms with Crippen LogP contribution in [0, 0.1) is 4.91 Å². The van der Waals surface area contributed by atoms with E-state index in [1.807, 2.05) is 6.07 Å². The number of nitrogens with zero attached hydrogens (tertiary/aromatic N) is 3. The molecule has 9 nitrogen and oxygen atoms in total. The van der Waals surface area contributed by atoms with Crippen molar-refractivity contribution >= 4 is 0 Å². The number of pyridine rings is 1. The lowest BCUT2D eigenvalue weighted by Crippen LogP contribution is -3.00. The Bertz CT molecular complexity index is 607. The summed E-state index contributed by atoms with van der Waals surface area (Å²) in [5.74, 6) is 0. The Hall–Kier alpha value is -1.36. The molecule has 0 bridgehead atoms. The van der Waals surface area contributed by atoms with Crippen LogP contribution in [0.2, 0.25) is 0 Å². The Balaban J connectivity index is 0.00000243. The molecule has 0 aromatic carbocycles. The van der Waals surface area contributed by atoms with Gasteiger partial charge in [-0.3, -0.25) is 5.01 Å². The van der Waals surface area contributed by atoms with Crippen LogP contribution in [-0.4, -0.2) is 63.0 Å². The number of rotatable bonds is 4. The van der Waals surface area contributed by atoms with Gasteiger partial charge < -0.3 is 37.6 Å². The molecule has 4 N–H and O–H groups in total. The summed E-state index contributed by atoms with van der Waals surface area (Å²) < 4.78 is 7.14. The lowest BCUT2D eigenvalue weighted by molar-refractivity contribution is -0.778. The summed E-state index contributed by atoms with van der Waals surface area (Å²) in [5, 5.41) is 44.0. The average Bonchev–Trinajstić information content (AvgIpc) is 2.66. The number of nitroso groups, excluding NO2 is 1. The van der Waals surface area contributed by atoms with Gasteiger partial charge in [0.05, 0.1) is 17.9 Å². The highest BCUT2D eigenvalue weighted by Gasteiger charge is 2.48. The molecule has 0 saturated carbocycles. The first-order valence-electron chi connectivity index (χ1n) is 8.48. The third-order valence-corrected chi connectivity index (χ3v) is 4.97. The van der Waals surface area contributed by atoms with Crippen LogP contribution in [0.25, 0.3) is 0 Å². The van der Waals surface area contributed by atoms with Gasteiger partial charge in [-0.05, 0) is 25.3 Å². The molecule has 3 heterocycles. The molecule has 2 saturated heterocycles. The predicted molar refractivity (Wildman–Crippen MR) is 84.7 cm³/mol. The fraction of sp³-hybridized carbons (Fsp3) is 0.688. The quantitative estimate of drug-likeness (QED) is 0.307. The standard InChI is InChI=1S/C16H24N3O6.ClH/c20-9-12-13(21)14(22)15(23)16(25-12)18-6-3-4-10(8-18)11-5-1-2-7-19(11)17-24;/h3-4,6,8,11-16,20-23H,1-2,5,7,9H2;1H/q+1;/p-1/t11?,12?,13-,14+,15+,16-;/m1./s1. The molecule has 0 aliphatic carbocycles. The van der Waals surface area contributed by atoms with Crippen LogP contribution in [0.5, 0.6) is 0 Å². The zero-order chi connectivity index (χ0) is 18.0. The third-order valence-electron chi connectivity index (χ3n) is 4.97. The molecule has 0 spiro atoms. The van der Waals surface area contributed by atoms with E-state index in [9.17, 15) is 25.3 Å². The molecule has 3 rings (SSSR count). The maximum absolute atomic E-state index is 11.1.